The number of carbonyl (C=O) groups excluding carboxylic acids is 1. The molecule has 1 aliphatic carbocycles. The van der Waals surface area contributed by atoms with Gasteiger partial charge in [0.2, 0.25) is 5.91 Å². The van der Waals surface area contributed by atoms with Crippen molar-refractivity contribution in [1.82, 2.24) is 14.9 Å². The molecule has 1 aromatic heterocycles. The van der Waals surface area contributed by atoms with E-state index in [2.05, 4.69) is 27.0 Å². The first kappa shape index (κ1) is 12.6. The lowest BCUT2D eigenvalue weighted by molar-refractivity contribution is -0.123. The first-order chi connectivity index (χ1) is 10.3. The van der Waals surface area contributed by atoms with Crippen LogP contribution in [-0.2, 0) is 17.8 Å². The number of rotatable bonds is 3. The van der Waals surface area contributed by atoms with Gasteiger partial charge in [0.05, 0.1) is 0 Å². The van der Waals surface area contributed by atoms with Crippen molar-refractivity contribution in [3.05, 3.63) is 54.1 Å². The largest absolute Gasteiger partial charge is 0.351 e. The molecule has 4 nitrogen and oxygen atoms in total. The molecule has 0 radical (unpaired) electrons. The second-order valence-electron chi connectivity index (χ2n) is 6.10. The van der Waals surface area contributed by atoms with Gasteiger partial charge in [-0.05, 0) is 24.3 Å². The van der Waals surface area contributed by atoms with Crippen molar-refractivity contribution in [2.24, 2.45) is 5.92 Å². The van der Waals surface area contributed by atoms with Gasteiger partial charge >= 0.3 is 0 Å². The molecule has 1 aliphatic heterocycles. The van der Waals surface area contributed by atoms with Gasteiger partial charge in [-0.2, -0.15) is 0 Å². The van der Waals surface area contributed by atoms with E-state index in [1.54, 1.807) is 0 Å². The highest BCUT2D eigenvalue weighted by molar-refractivity contribution is 5.83. The summed E-state index contributed by atoms with van der Waals surface area (Å²) in [5.74, 6) is 1.93. The first-order valence-electron chi connectivity index (χ1n) is 7.66. The minimum atomic E-state index is 0.164. The zero-order valence-corrected chi connectivity index (χ0v) is 11.9. The van der Waals surface area contributed by atoms with E-state index >= 15 is 0 Å². The Labute approximate surface area is 124 Å². The molecule has 1 fully saturated rings. The molecule has 0 saturated heterocycles. The Balaban J connectivity index is 1.36. The minimum absolute atomic E-state index is 0.164. The van der Waals surface area contributed by atoms with Crippen LogP contribution in [0.5, 0.6) is 0 Å². The Bertz CT molecular complexity index is 649. The number of fused-ring (bicyclic) bond motifs is 1. The van der Waals surface area contributed by atoms with Crippen LogP contribution in [0.15, 0.2) is 42.7 Å². The number of hydrogen-bond acceptors (Lipinski definition) is 2. The molecule has 1 N–H and O–H groups in total. The van der Waals surface area contributed by atoms with E-state index in [1.165, 1.54) is 5.56 Å². The maximum absolute atomic E-state index is 12.4. The van der Waals surface area contributed by atoms with Crippen LogP contribution < -0.4 is 5.32 Å². The maximum Gasteiger partial charge on any atom is 0.224 e. The number of carbonyl (C=O) groups is 1. The maximum atomic E-state index is 12.4. The molecule has 3 atom stereocenters. The number of aromatic nitrogens is 2. The molecular weight excluding hydrogens is 262 g/mol. The summed E-state index contributed by atoms with van der Waals surface area (Å²) in [6, 6.07) is 10.6. The van der Waals surface area contributed by atoms with E-state index in [4.69, 9.17) is 0 Å². The number of hydrogen-bond donors (Lipinski definition) is 1. The van der Waals surface area contributed by atoms with Crippen LogP contribution in [0.25, 0.3) is 0 Å². The quantitative estimate of drug-likeness (QED) is 0.936. The topological polar surface area (TPSA) is 46.9 Å². The van der Waals surface area contributed by atoms with Crippen LogP contribution in [0.2, 0.25) is 0 Å². The van der Waals surface area contributed by atoms with Crippen LogP contribution in [0, 0.1) is 5.92 Å². The lowest BCUT2D eigenvalue weighted by Crippen LogP contribution is -2.41. The van der Waals surface area contributed by atoms with Crippen LogP contribution in [0.4, 0.5) is 0 Å². The smallest absolute Gasteiger partial charge is 0.224 e. The third-order valence-corrected chi connectivity index (χ3v) is 4.64. The van der Waals surface area contributed by atoms with Gasteiger partial charge in [-0.1, -0.05) is 30.3 Å². The molecule has 0 bridgehead atoms. The molecule has 1 amide bonds. The Morgan fingerprint density at radius 1 is 1.29 bits per heavy atom. The van der Waals surface area contributed by atoms with Crippen molar-refractivity contribution in [3.8, 4) is 0 Å². The van der Waals surface area contributed by atoms with E-state index in [1.807, 2.05) is 30.6 Å². The Morgan fingerprint density at radius 3 is 3.00 bits per heavy atom. The first-order valence-corrected chi connectivity index (χ1v) is 7.66. The van der Waals surface area contributed by atoms with Gasteiger partial charge in [-0.3, -0.25) is 4.79 Å². The molecular formula is C17H19N3O. The molecule has 2 aromatic rings. The van der Waals surface area contributed by atoms with E-state index in [9.17, 15) is 4.79 Å². The molecule has 0 spiro atoms. The number of nitrogens with one attached hydrogen (secondary N) is 1. The van der Waals surface area contributed by atoms with Gasteiger partial charge < -0.3 is 9.88 Å². The zero-order chi connectivity index (χ0) is 14.2. The van der Waals surface area contributed by atoms with Crippen molar-refractivity contribution in [3.63, 3.8) is 0 Å². The predicted octanol–water partition coefficient (Wildman–Crippen LogP) is 2.12. The van der Waals surface area contributed by atoms with E-state index in [0.29, 0.717) is 5.92 Å². The molecule has 1 aromatic carbocycles. The normalized spacial score (nSPS) is 27.0. The summed E-state index contributed by atoms with van der Waals surface area (Å²) < 4.78 is 2.15. The van der Waals surface area contributed by atoms with Gasteiger partial charge in [0, 0.05) is 37.3 Å². The van der Waals surface area contributed by atoms with Crippen molar-refractivity contribution in [2.45, 2.75) is 37.8 Å². The van der Waals surface area contributed by atoms with Gasteiger partial charge in [0.15, 0.2) is 0 Å². The highest BCUT2D eigenvalue weighted by atomic mass is 16.2. The van der Waals surface area contributed by atoms with Crippen LogP contribution in [0.1, 0.15) is 30.1 Å². The van der Waals surface area contributed by atoms with Crippen molar-refractivity contribution < 1.29 is 4.79 Å². The van der Waals surface area contributed by atoms with Crippen LogP contribution in [-0.4, -0.2) is 21.5 Å². The highest BCUT2D eigenvalue weighted by Gasteiger charge is 2.44. The molecule has 21 heavy (non-hydrogen) atoms. The fraction of sp³-hybridized carbons (Fsp3) is 0.412. The number of imidazole rings is 1. The summed E-state index contributed by atoms with van der Waals surface area (Å²) in [6.45, 7) is 0.851. The highest BCUT2D eigenvalue weighted by Crippen LogP contribution is 2.47. The minimum Gasteiger partial charge on any atom is -0.351 e. The second kappa shape index (κ2) is 5.02. The van der Waals surface area contributed by atoms with Gasteiger partial charge in [0.25, 0.3) is 0 Å². The lowest BCUT2D eigenvalue weighted by atomic mass is 10.1. The van der Waals surface area contributed by atoms with Crippen molar-refractivity contribution in [1.29, 1.82) is 0 Å². The monoisotopic (exact) mass is 281 g/mol. The molecule has 4 heteroatoms. The Kier molecular flexibility index (Phi) is 3.02. The number of benzene rings is 1. The van der Waals surface area contributed by atoms with Gasteiger partial charge in [-0.25, -0.2) is 4.98 Å². The molecule has 2 aliphatic rings. The van der Waals surface area contributed by atoms with E-state index in [-0.39, 0.29) is 17.9 Å². The van der Waals surface area contributed by atoms with Crippen LogP contribution >= 0.6 is 0 Å². The predicted molar refractivity (Wildman–Crippen MR) is 79.8 cm³/mol. The van der Waals surface area contributed by atoms with E-state index in [0.717, 1.165) is 31.6 Å². The van der Waals surface area contributed by atoms with Gasteiger partial charge in [-0.15, -0.1) is 0 Å². The summed E-state index contributed by atoms with van der Waals surface area (Å²) in [6.07, 6.45) is 6.76. The summed E-state index contributed by atoms with van der Waals surface area (Å²) in [7, 11) is 0. The standard InChI is InChI=1S/C17H19N3O/c21-17(15-10-14(15)12-4-2-1-3-5-12)19-13-6-7-16-18-8-9-20(16)11-13/h1-5,8-9,13-15H,6-7,10-11H2,(H,19,21)/t13-,14+,15+/m1/s1. The SMILES string of the molecule is O=C(N[C@@H]1CCc2nccn2C1)[C@H]1C[C@H]1c1ccccc1. The zero-order valence-electron chi connectivity index (χ0n) is 11.9. The summed E-state index contributed by atoms with van der Waals surface area (Å²) in [4.78, 5) is 16.7. The van der Waals surface area contributed by atoms with Crippen LogP contribution in [0.3, 0.4) is 0 Å². The number of nitrogens with zero attached hydrogens (tertiary/aromatic N) is 2. The average Bonchev–Trinajstić information content (AvgIpc) is 3.19. The molecule has 2 heterocycles. The Morgan fingerprint density at radius 2 is 2.14 bits per heavy atom. The lowest BCUT2D eigenvalue weighted by Gasteiger charge is -2.24. The molecule has 0 unspecified atom stereocenters. The third kappa shape index (κ3) is 2.46. The fourth-order valence-corrected chi connectivity index (χ4v) is 3.35. The number of amides is 1. The van der Waals surface area contributed by atoms with Crippen molar-refractivity contribution in [2.75, 3.05) is 0 Å². The molecule has 1 saturated carbocycles. The summed E-state index contributed by atoms with van der Waals surface area (Å²) in [5.41, 5.74) is 1.29. The molecule has 108 valence electrons. The average molecular weight is 281 g/mol. The molecule has 4 rings (SSSR count). The fourth-order valence-electron chi connectivity index (χ4n) is 3.35. The van der Waals surface area contributed by atoms with Gasteiger partial charge in [0.1, 0.15) is 5.82 Å². The third-order valence-electron chi connectivity index (χ3n) is 4.64. The summed E-state index contributed by atoms with van der Waals surface area (Å²) in [5, 5.41) is 3.22. The second-order valence-corrected chi connectivity index (χ2v) is 6.10. The number of aryl methyl sites for hydroxylation is 1. The summed E-state index contributed by atoms with van der Waals surface area (Å²) >= 11 is 0. The van der Waals surface area contributed by atoms with Crippen molar-refractivity contribution >= 4 is 5.91 Å². The Hall–Kier alpha value is -2.10. The van der Waals surface area contributed by atoms with E-state index < -0.39 is 0 Å².